The summed E-state index contributed by atoms with van der Waals surface area (Å²) in [6.45, 7) is 4.67. The minimum absolute atomic E-state index is 0.0460. The van der Waals surface area contributed by atoms with Crippen LogP contribution in [-0.2, 0) is 13.1 Å². The Labute approximate surface area is 218 Å². The highest BCUT2D eigenvalue weighted by molar-refractivity contribution is 5.91. The summed E-state index contributed by atoms with van der Waals surface area (Å²) in [4.78, 5) is 16.9. The molecule has 0 fully saturated rings. The summed E-state index contributed by atoms with van der Waals surface area (Å²) in [5.41, 5.74) is 2.19. The molecule has 10 heteroatoms. The van der Waals surface area contributed by atoms with Crippen molar-refractivity contribution in [3.8, 4) is 11.5 Å². The minimum Gasteiger partial charge on any atom is -0.415 e. The van der Waals surface area contributed by atoms with Gasteiger partial charge in [-0.1, -0.05) is 61.5 Å². The van der Waals surface area contributed by atoms with Gasteiger partial charge in [-0.05, 0) is 36.4 Å². The smallest absolute Gasteiger partial charge is 0.322 e. The number of carbonyl (C=O) groups excluding carboxylic acids is 1. The van der Waals surface area contributed by atoms with Gasteiger partial charge in [-0.3, -0.25) is 9.80 Å². The number of amides is 2. The summed E-state index contributed by atoms with van der Waals surface area (Å²) in [5, 5.41) is 9.77. The van der Waals surface area contributed by atoms with Gasteiger partial charge < -0.3 is 9.73 Å². The van der Waals surface area contributed by atoms with E-state index < -0.39 is 18.1 Å². The number of hydrogen-bond donors (Lipinski definition) is 1. The predicted octanol–water partition coefficient (Wildman–Crippen LogP) is 6.05. The second-order valence-electron chi connectivity index (χ2n) is 8.56. The van der Waals surface area contributed by atoms with Crippen molar-refractivity contribution in [3.63, 3.8) is 0 Å². The van der Waals surface area contributed by atoms with Crippen molar-refractivity contribution in [1.29, 1.82) is 0 Å². The number of anilines is 1. The van der Waals surface area contributed by atoms with Crippen molar-refractivity contribution < 1.29 is 22.4 Å². The van der Waals surface area contributed by atoms with E-state index in [9.17, 15) is 13.6 Å². The van der Waals surface area contributed by atoms with Crippen molar-refractivity contribution in [2.45, 2.75) is 26.4 Å². The van der Waals surface area contributed by atoms with Crippen LogP contribution in [0.5, 0.6) is 0 Å². The molecule has 4 aromatic rings. The lowest BCUT2D eigenvalue weighted by molar-refractivity contribution is 0.116. The quantitative estimate of drug-likeness (QED) is 0.259. The van der Waals surface area contributed by atoms with Crippen molar-refractivity contribution in [3.05, 3.63) is 102 Å². The number of nitrogens with zero attached hydrogens (tertiary/aromatic N) is 4. The summed E-state index contributed by atoms with van der Waals surface area (Å²) in [6, 6.07) is 22.8. The molecular formula is C28H28F3N5O2. The highest BCUT2D eigenvalue weighted by Crippen LogP contribution is 2.26. The van der Waals surface area contributed by atoms with E-state index in [4.69, 9.17) is 4.42 Å². The number of likely N-dealkylation sites (N-methyl/N-ethyl adjacent to an activating group) is 1. The van der Waals surface area contributed by atoms with E-state index in [-0.39, 0.29) is 29.6 Å². The maximum atomic E-state index is 15.0. The van der Waals surface area contributed by atoms with Gasteiger partial charge in [-0.15, -0.1) is 10.2 Å². The van der Waals surface area contributed by atoms with Crippen LogP contribution in [0.1, 0.15) is 30.4 Å². The number of urea groups is 1. The minimum atomic E-state index is -2.92. The molecule has 0 radical (unpaired) electrons. The van der Waals surface area contributed by atoms with Crippen molar-refractivity contribution in [2.75, 3.05) is 24.5 Å². The Kier molecular flexibility index (Phi) is 9.10. The fourth-order valence-electron chi connectivity index (χ4n) is 3.91. The number of hydrogen-bond acceptors (Lipinski definition) is 5. The van der Waals surface area contributed by atoms with Gasteiger partial charge in [0.1, 0.15) is 5.82 Å². The molecule has 1 aromatic heterocycles. The Hall–Kier alpha value is -4.18. The third-order valence-corrected chi connectivity index (χ3v) is 5.97. The average molecular weight is 524 g/mol. The van der Waals surface area contributed by atoms with Gasteiger partial charge in [-0.2, -0.15) is 8.78 Å². The van der Waals surface area contributed by atoms with Gasteiger partial charge in [0, 0.05) is 36.4 Å². The van der Waals surface area contributed by atoms with Crippen molar-refractivity contribution >= 4 is 11.7 Å². The first-order valence-electron chi connectivity index (χ1n) is 12.2. The van der Waals surface area contributed by atoms with E-state index in [0.717, 1.165) is 19.2 Å². The number of aromatic nitrogens is 2. The topological polar surface area (TPSA) is 74.5 Å². The molecule has 0 saturated carbocycles. The lowest BCUT2D eigenvalue weighted by Gasteiger charge is -2.25. The molecule has 0 unspecified atom stereocenters. The molecule has 1 N–H and O–H groups in total. The van der Waals surface area contributed by atoms with E-state index in [2.05, 4.69) is 39.5 Å². The molecule has 0 aliphatic rings. The lowest BCUT2D eigenvalue weighted by atomic mass is 10.1. The third kappa shape index (κ3) is 6.98. The van der Waals surface area contributed by atoms with E-state index in [1.165, 1.54) is 22.6 Å². The second-order valence-corrected chi connectivity index (χ2v) is 8.56. The van der Waals surface area contributed by atoms with Crippen LogP contribution < -0.4 is 10.2 Å². The number of rotatable bonds is 11. The zero-order valence-corrected chi connectivity index (χ0v) is 20.9. The molecule has 0 saturated heterocycles. The van der Waals surface area contributed by atoms with E-state index >= 15 is 4.39 Å². The highest BCUT2D eigenvalue weighted by atomic mass is 19.3. The standard InChI is InChI=1S/C28H28F3N5O2/c1-2-35(18-20-9-5-3-6-10-20)16-15-32-28(37)36(23-11-7-4-8-12-23)19-22-14-13-21(17-24(22)29)26-33-34-27(38-26)25(30)31/h3-14,17,25H,2,15-16,18-19H2,1H3,(H,32,37). The van der Waals surface area contributed by atoms with Crippen LogP contribution >= 0.6 is 0 Å². The van der Waals surface area contributed by atoms with Gasteiger partial charge in [0.05, 0.1) is 6.54 Å². The number of halogens is 3. The van der Waals surface area contributed by atoms with E-state index in [1.807, 2.05) is 24.3 Å². The van der Waals surface area contributed by atoms with Crippen LogP contribution in [0.2, 0.25) is 0 Å². The molecule has 0 bridgehead atoms. The number of nitrogens with one attached hydrogen (secondary N) is 1. The van der Waals surface area contributed by atoms with Crippen molar-refractivity contribution in [2.24, 2.45) is 0 Å². The highest BCUT2D eigenvalue weighted by Gasteiger charge is 2.21. The van der Waals surface area contributed by atoms with E-state index in [0.29, 0.717) is 18.8 Å². The molecular weight excluding hydrogens is 495 g/mol. The SMILES string of the molecule is CCN(CCNC(=O)N(Cc1ccc(-c2nnc(C(F)F)o2)cc1F)c1ccccc1)Cc1ccccc1. The van der Waals surface area contributed by atoms with Gasteiger partial charge in [0.2, 0.25) is 5.89 Å². The first kappa shape index (κ1) is 26.9. The molecule has 0 spiro atoms. The van der Waals surface area contributed by atoms with Crippen molar-refractivity contribution in [1.82, 2.24) is 20.4 Å². The predicted molar refractivity (Wildman–Crippen MR) is 138 cm³/mol. The fourth-order valence-corrected chi connectivity index (χ4v) is 3.91. The van der Waals surface area contributed by atoms with Crippen LogP contribution in [0.3, 0.4) is 0 Å². The second kappa shape index (κ2) is 12.9. The molecule has 2 amide bonds. The summed E-state index contributed by atoms with van der Waals surface area (Å²) in [6.07, 6.45) is -2.92. The zero-order valence-electron chi connectivity index (χ0n) is 20.9. The molecule has 0 aliphatic carbocycles. The maximum Gasteiger partial charge on any atom is 0.322 e. The Balaban J connectivity index is 1.44. The fraction of sp³-hybridized carbons (Fsp3) is 0.250. The van der Waals surface area contributed by atoms with Crippen LogP contribution in [0, 0.1) is 5.82 Å². The summed E-state index contributed by atoms with van der Waals surface area (Å²) < 4.78 is 45.5. The lowest BCUT2D eigenvalue weighted by Crippen LogP contribution is -2.43. The van der Waals surface area contributed by atoms with Crippen LogP contribution in [0.4, 0.5) is 23.7 Å². The Morgan fingerprint density at radius 1 is 0.974 bits per heavy atom. The Bertz CT molecular complexity index is 1320. The molecule has 1 heterocycles. The maximum absolute atomic E-state index is 15.0. The van der Waals surface area contributed by atoms with Gasteiger partial charge in [-0.25, -0.2) is 9.18 Å². The number of benzene rings is 3. The molecule has 3 aromatic carbocycles. The average Bonchev–Trinajstić information content (AvgIpc) is 3.44. The monoisotopic (exact) mass is 523 g/mol. The van der Waals surface area contributed by atoms with Crippen LogP contribution in [0.15, 0.2) is 83.3 Å². The molecule has 0 atom stereocenters. The van der Waals surface area contributed by atoms with Gasteiger partial charge >= 0.3 is 12.5 Å². The number of para-hydroxylation sites is 1. The zero-order chi connectivity index (χ0) is 26.9. The number of alkyl halides is 2. The molecule has 198 valence electrons. The first-order chi connectivity index (χ1) is 18.4. The molecule has 38 heavy (non-hydrogen) atoms. The summed E-state index contributed by atoms with van der Waals surface area (Å²) in [7, 11) is 0. The van der Waals surface area contributed by atoms with E-state index in [1.54, 1.807) is 24.3 Å². The first-order valence-corrected chi connectivity index (χ1v) is 12.2. The number of carbonyl (C=O) groups is 1. The Morgan fingerprint density at radius 3 is 2.32 bits per heavy atom. The molecule has 0 aliphatic heterocycles. The summed E-state index contributed by atoms with van der Waals surface area (Å²) >= 11 is 0. The molecule has 7 nitrogen and oxygen atoms in total. The van der Waals surface area contributed by atoms with Gasteiger partial charge in [0.25, 0.3) is 5.89 Å². The third-order valence-electron chi connectivity index (χ3n) is 5.97. The van der Waals surface area contributed by atoms with Gasteiger partial charge in [0.15, 0.2) is 0 Å². The Morgan fingerprint density at radius 2 is 1.68 bits per heavy atom. The summed E-state index contributed by atoms with van der Waals surface area (Å²) in [5.74, 6) is -1.67. The van der Waals surface area contributed by atoms with Crippen LogP contribution in [0.25, 0.3) is 11.5 Å². The normalized spacial score (nSPS) is 11.2. The van der Waals surface area contributed by atoms with Crippen LogP contribution in [-0.4, -0.2) is 40.8 Å². The largest absolute Gasteiger partial charge is 0.415 e. The molecule has 4 rings (SSSR count).